The number of anilines is 1. The van der Waals surface area contributed by atoms with E-state index in [2.05, 4.69) is 55.1 Å². The van der Waals surface area contributed by atoms with E-state index < -0.39 is 0 Å². The third-order valence-electron chi connectivity index (χ3n) is 1.76. The van der Waals surface area contributed by atoms with Crippen molar-refractivity contribution in [3.8, 4) is 5.69 Å². The van der Waals surface area contributed by atoms with Gasteiger partial charge in [-0.05, 0) is 51.2 Å². The normalized spacial score (nSPS) is 10.4. The molecular weight excluding hydrogens is 406 g/mol. The highest BCUT2D eigenvalue weighted by Gasteiger charge is 2.08. The molecule has 0 aliphatic heterocycles. The number of pyridine rings is 1. The maximum Gasteiger partial charge on any atom is 0.133 e. The molecule has 0 aliphatic carbocycles. The van der Waals surface area contributed by atoms with Gasteiger partial charge in [-0.2, -0.15) is 0 Å². The first-order valence-electron chi connectivity index (χ1n) is 3.78. The van der Waals surface area contributed by atoms with E-state index in [0.717, 1.165) is 13.1 Å². The van der Waals surface area contributed by atoms with Gasteiger partial charge in [-0.1, -0.05) is 0 Å². The third kappa shape index (κ3) is 1.72. The van der Waals surface area contributed by atoms with Gasteiger partial charge in [-0.25, -0.2) is 4.98 Å². The van der Waals surface area contributed by atoms with Crippen LogP contribution in [0, 0.1) is 7.40 Å². The molecule has 0 unspecified atom stereocenters. The second-order valence-electron chi connectivity index (χ2n) is 2.63. The Labute approximate surface area is 108 Å². The van der Waals surface area contributed by atoms with Crippen molar-refractivity contribution in [3.05, 3.63) is 32.2 Å². The van der Waals surface area contributed by atoms with Crippen LogP contribution in [0.5, 0.6) is 0 Å². The Morgan fingerprint density at radius 1 is 1.36 bits per heavy atom. The number of hydrogen-bond acceptors (Lipinski definition) is 3. The highest BCUT2D eigenvalue weighted by atomic mass is 127. The van der Waals surface area contributed by atoms with E-state index in [1.807, 2.05) is 4.57 Å². The molecule has 0 fully saturated rings. The largest absolute Gasteiger partial charge is 0.397 e. The van der Waals surface area contributed by atoms with Crippen LogP contribution in [0.15, 0.2) is 24.8 Å². The lowest BCUT2D eigenvalue weighted by molar-refractivity contribution is 1.02. The number of rotatable bonds is 1. The summed E-state index contributed by atoms with van der Waals surface area (Å²) in [6.45, 7) is 0. The Balaban J connectivity index is 2.60. The average Bonchev–Trinajstić information content (AvgIpc) is 2.49. The van der Waals surface area contributed by atoms with Crippen LogP contribution in [0.4, 0.5) is 5.69 Å². The fourth-order valence-corrected chi connectivity index (χ4v) is 1.99. The summed E-state index contributed by atoms with van der Waals surface area (Å²) in [7, 11) is 0. The maximum absolute atomic E-state index is 5.84. The molecule has 2 aromatic heterocycles. The van der Waals surface area contributed by atoms with Gasteiger partial charge in [-0.15, -0.1) is 0 Å². The van der Waals surface area contributed by atoms with Crippen LogP contribution in [0.25, 0.3) is 5.69 Å². The molecule has 0 bridgehead atoms. The molecule has 72 valence electrons. The molecule has 6 heteroatoms. The molecule has 0 spiro atoms. The summed E-state index contributed by atoms with van der Waals surface area (Å²) >= 11 is 4.41. The molecule has 4 nitrogen and oxygen atoms in total. The van der Waals surface area contributed by atoms with Gasteiger partial charge in [0.1, 0.15) is 13.7 Å². The lowest BCUT2D eigenvalue weighted by atomic mass is 10.3. The van der Waals surface area contributed by atoms with Crippen molar-refractivity contribution in [1.29, 1.82) is 0 Å². The molecule has 2 rings (SSSR count). The zero-order chi connectivity index (χ0) is 10.1. The van der Waals surface area contributed by atoms with Gasteiger partial charge in [-0.3, -0.25) is 9.55 Å². The number of halogens is 2. The summed E-state index contributed by atoms with van der Waals surface area (Å²) in [5.74, 6) is 0. The Morgan fingerprint density at radius 2 is 2.14 bits per heavy atom. The summed E-state index contributed by atoms with van der Waals surface area (Å²) in [5.41, 5.74) is 7.40. The number of hydrogen-bond donors (Lipinski definition) is 1. The topological polar surface area (TPSA) is 56.7 Å². The van der Waals surface area contributed by atoms with Gasteiger partial charge in [0.2, 0.25) is 0 Å². The second kappa shape index (κ2) is 4.01. The van der Waals surface area contributed by atoms with Crippen LogP contribution in [-0.2, 0) is 0 Å². The highest BCUT2D eigenvalue weighted by Crippen LogP contribution is 2.21. The van der Waals surface area contributed by atoms with Gasteiger partial charge in [0.25, 0.3) is 0 Å². The third-order valence-corrected chi connectivity index (χ3v) is 4.61. The maximum atomic E-state index is 5.84. The molecule has 0 amide bonds. The molecule has 2 N–H and O–H groups in total. The SMILES string of the molecule is Nc1ccncc1-n1cnc(I)c1I. The van der Waals surface area contributed by atoms with Crippen molar-refractivity contribution in [2.45, 2.75) is 0 Å². The first-order valence-corrected chi connectivity index (χ1v) is 5.94. The Bertz CT molecular complexity index is 466. The molecule has 0 atom stereocenters. The molecule has 0 saturated carbocycles. The van der Waals surface area contributed by atoms with E-state index in [4.69, 9.17) is 5.73 Å². The molecule has 0 saturated heterocycles. The molecular formula is C8H6I2N4. The van der Waals surface area contributed by atoms with Crippen LogP contribution in [0.3, 0.4) is 0 Å². The van der Waals surface area contributed by atoms with Crippen LogP contribution < -0.4 is 5.73 Å². The predicted molar refractivity (Wildman–Crippen MR) is 71.2 cm³/mol. The summed E-state index contributed by atoms with van der Waals surface area (Å²) in [6.07, 6.45) is 5.15. The summed E-state index contributed by atoms with van der Waals surface area (Å²) in [5, 5.41) is 0. The summed E-state index contributed by atoms with van der Waals surface area (Å²) in [6, 6.07) is 1.78. The molecule has 0 aromatic carbocycles. The number of nitrogen functional groups attached to an aromatic ring is 1. The molecule has 2 heterocycles. The van der Waals surface area contributed by atoms with E-state index in [-0.39, 0.29) is 0 Å². The first kappa shape index (κ1) is 10.1. The quantitative estimate of drug-likeness (QED) is 0.731. The minimum Gasteiger partial charge on any atom is -0.397 e. The first-order chi connectivity index (χ1) is 6.70. The number of nitrogens with zero attached hydrogens (tertiary/aromatic N) is 3. The Morgan fingerprint density at radius 3 is 2.71 bits per heavy atom. The lowest BCUT2D eigenvalue weighted by Crippen LogP contribution is -2.00. The second-order valence-corrected chi connectivity index (χ2v) is 4.67. The minimum atomic E-state index is 0.701. The standard InChI is InChI=1S/C8H6I2N4/c9-7-8(10)14(4-13-7)6-3-12-2-1-5(6)11/h1-4H,(H2,11,12). The van der Waals surface area contributed by atoms with Crippen molar-refractivity contribution in [1.82, 2.24) is 14.5 Å². The van der Waals surface area contributed by atoms with Crippen molar-refractivity contribution in [2.24, 2.45) is 0 Å². The summed E-state index contributed by atoms with van der Waals surface area (Å²) in [4.78, 5) is 8.23. The van der Waals surface area contributed by atoms with Gasteiger partial charge < -0.3 is 5.73 Å². The van der Waals surface area contributed by atoms with E-state index >= 15 is 0 Å². The smallest absolute Gasteiger partial charge is 0.133 e. The highest BCUT2D eigenvalue weighted by molar-refractivity contribution is 14.1. The fourth-order valence-electron chi connectivity index (χ4n) is 1.08. The Kier molecular flexibility index (Phi) is 2.91. The van der Waals surface area contributed by atoms with Crippen molar-refractivity contribution in [3.63, 3.8) is 0 Å². The zero-order valence-corrected chi connectivity index (χ0v) is 11.3. The van der Waals surface area contributed by atoms with E-state index in [1.54, 1.807) is 24.8 Å². The van der Waals surface area contributed by atoms with Gasteiger partial charge >= 0.3 is 0 Å². The van der Waals surface area contributed by atoms with Crippen molar-refractivity contribution in [2.75, 3.05) is 5.73 Å². The molecule has 2 aromatic rings. The monoisotopic (exact) mass is 412 g/mol. The van der Waals surface area contributed by atoms with Crippen molar-refractivity contribution < 1.29 is 0 Å². The van der Waals surface area contributed by atoms with Gasteiger partial charge in [0.05, 0.1) is 17.6 Å². The molecule has 0 aliphatic rings. The lowest BCUT2D eigenvalue weighted by Gasteiger charge is -2.05. The number of aromatic nitrogens is 3. The molecule has 14 heavy (non-hydrogen) atoms. The zero-order valence-electron chi connectivity index (χ0n) is 6.98. The van der Waals surface area contributed by atoms with E-state index in [9.17, 15) is 0 Å². The van der Waals surface area contributed by atoms with Gasteiger partial charge in [0, 0.05) is 6.20 Å². The number of nitrogens with two attached hydrogens (primary N) is 1. The number of imidazole rings is 1. The van der Waals surface area contributed by atoms with Crippen LogP contribution in [0.1, 0.15) is 0 Å². The van der Waals surface area contributed by atoms with Crippen LogP contribution in [0.2, 0.25) is 0 Å². The van der Waals surface area contributed by atoms with Crippen LogP contribution >= 0.6 is 45.2 Å². The van der Waals surface area contributed by atoms with Crippen LogP contribution in [-0.4, -0.2) is 14.5 Å². The predicted octanol–water partition coefficient (Wildman–Crippen LogP) is 2.06. The van der Waals surface area contributed by atoms with Gasteiger partial charge in [0.15, 0.2) is 0 Å². The van der Waals surface area contributed by atoms with E-state index in [0.29, 0.717) is 5.69 Å². The van der Waals surface area contributed by atoms with Crippen molar-refractivity contribution >= 4 is 50.9 Å². The van der Waals surface area contributed by atoms with E-state index in [1.165, 1.54) is 0 Å². The average molecular weight is 412 g/mol. The minimum absolute atomic E-state index is 0.701. The Hall–Kier alpha value is -0.380. The fraction of sp³-hybridized carbons (Fsp3) is 0. The molecule has 0 radical (unpaired) electrons. The summed E-state index contributed by atoms with van der Waals surface area (Å²) < 4.78 is 3.93.